The Bertz CT molecular complexity index is 1120. The molecule has 1 heterocycles. The van der Waals surface area contributed by atoms with Crippen molar-refractivity contribution in [2.45, 2.75) is 31.7 Å². The van der Waals surface area contributed by atoms with Gasteiger partial charge in [-0.2, -0.15) is 0 Å². The van der Waals surface area contributed by atoms with Crippen molar-refractivity contribution in [3.63, 3.8) is 0 Å². The highest BCUT2D eigenvalue weighted by molar-refractivity contribution is 5.97. The van der Waals surface area contributed by atoms with E-state index in [2.05, 4.69) is 22.4 Å². The number of rotatable bonds is 5. The van der Waals surface area contributed by atoms with Gasteiger partial charge in [0.1, 0.15) is 0 Å². The Morgan fingerprint density at radius 2 is 1.89 bits per heavy atom. The fraction of sp³-hybridized carbons (Fsp3) is 0.286. The van der Waals surface area contributed by atoms with Crippen molar-refractivity contribution >= 4 is 16.8 Å². The number of carbonyl (C=O) groups excluding carboxylic acids is 1. The van der Waals surface area contributed by atoms with Crippen LogP contribution in [0.4, 0.5) is 0 Å². The Morgan fingerprint density at radius 1 is 1.15 bits per heavy atom. The molecule has 0 saturated heterocycles. The topological polar surface area (TPSA) is 84.0 Å². The van der Waals surface area contributed by atoms with Gasteiger partial charge in [0.05, 0.1) is 10.9 Å². The van der Waals surface area contributed by atoms with Gasteiger partial charge >= 0.3 is 5.69 Å². The number of benzene rings is 2. The number of hydrogen-bond acceptors (Lipinski definition) is 3. The second-order valence-electron chi connectivity index (χ2n) is 7.07. The predicted molar refractivity (Wildman–Crippen MR) is 104 cm³/mol. The van der Waals surface area contributed by atoms with E-state index in [4.69, 9.17) is 0 Å². The zero-order valence-corrected chi connectivity index (χ0v) is 15.1. The first-order chi connectivity index (χ1) is 13.0. The monoisotopic (exact) mass is 363 g/mol. The fourth-order valence-electron chi connectivity index (χ4n) is 3.54. The maximum Gasteiger partial charge on any atom is 0.328 e. The molecule has 1 aliphatic carbocycles. The van der Waals surface area contributed by atoms with Crippen LogP contribution < -0.4 is 16.6 Å². The molecule has 2 aromatic carbocycles. The molecule has 0 spiro atoms. The molecule has 0 radical (unpaired) electrons. The molecule has 0 unspecified atom stereocenters. The Balaban J connectivity index is 1.57. The quantitative estimate of drug-likeness (QED) is 0.729. The lowest BCUT2D eigenvalue weighted by molar-refractivity contribution is 0.0950. The third kappa shape index (κ3) is 3.07. The van der Waals surface area contributed by atoms with E-state index >= 15 is 0 Å². The lowest BCUT2D eigenvalue weighted by Crippen LogP contribution is -2.35. The minimum atomic E-state index is -0.464. The predicted octanol–water partition coefficient (Wildman–Crippen LogP) is 2.17. The molecule has 1 aliphatic rings. The van der Waals surface area contributed by atoms with Crippen molar-refractivity contribution in [1.29, 1.82) is 0 Å². The SMILES string of the molecule is CCn1c(=O)[nH]c2cc(C(=O)NCC3(c4ccccc4)CC3)ccc2c1=O. The summed E-state index contributed by atoms with van der Waals surface area (Å²) < 4.78 is 1.14. The molecule has 6 nitrogen and oxygen atoms in total. The van der Waals surface area contributed by atoms with Crippen LogP contribution in [-0.2, 0) is 12.0 Å². The molecule has 27 heavy (non-hydrogen) atoms. The first-order valence-electron chi connectivity index (χ1n) is 9.15. The van der Waals surface area contributed by atoms with Crippen LogP contribution in [0.1, 0.15) is 35.7 Å². The van der Waals surface area contributed by atoms with E-state index in [1.807, 2.05) is 18.2 Å². The minimum Gasteiger partial charge on any atom is -0.351 e. The number of aromatic amines is 1. The second kappa shape index (κ2) is 6.54. The number of H-pyrrole nitrogens is 1. The summed E-state index contributed by atoms with van der Waals surface area (Å²) in [6, 6.07) is 15.0. The lowest BCUT2D eigenvalue weighted by atomic mass is 9.96. The van der Waals surface area contributed by atoms with Crippen LogP contribution >= 0.6 is 0 Å². The number of aromatic nitrogens is 2. The van der Waals surface area contributed by atoms with Gasteiger partial charge in [0.2, 0.25) is 0 Å². The third-order valence-electron chi connectivity index (χ3n) is 5.39. The van der Waals surface area contributed by atoms with E-state index in [0.717, 1.165) is 17.4 Å². The van der Waals surface area contributed by atoms with Crippen LogP contribution in [0, 0.1) is 0 Å². The summed E-state index contributed by atoms with van der Waals surface area (Å²) in [5, 5.41) is 3.40. The van der Waals surface area contributed by atoms with Gasteiger partial charge < -0.3 is 10.3 Å². The van der Waals surface area contributed by atoms with Gasteiger partial charge in [-0.25, -0.2) is 4.79 Å². The van der Waals surface area contributed by atoms with Crippen molar-refractivity contribution in [3.8, 4) is 0 Å². The summed E-state index contributed by atoms with van der Waals surface area (Å²) in [4.78, 5) is 39.6. The molecule has 1 fully saturated rings. The molecule has 1 aromatic heterocycles. The van der Waals surface area contributed by atoms with Crippen molar-refractivity contribution in [1.82, 2.24) is 14.9 Å². The highest BCUT2D eigenvalue weighted by Crippen LogP contribution is 2.47. The molecule has 138 valence electrons. The molecule has 6 heteroatoms. The molecule has 4 rings (SSSR count). The Morgan fingerprint density at radius 3 is 2.56 bits per heavy atom. The van der Waals surface area contributed by atoms with Gasteiger partial charge in [-0.15, -0.1) is 0 Å². The lowest BCUT2D eigenvalue weighted by Gasteiger charge is -2.16. The highest BCUT2D eigenvalue weighted by Gasteiger charge is 2.44. The number of fused-ring (bicyclic) bond motifs is 1. The van der Waals surface area contributed by atoms with Crippen LogP contribution in [0.2, 0.25) is 0 Å². The average Bonchev–Trinajstić information content (AvgIpc) is 3.48. The number of amides is 1. The minimum absolute atomic E-state index is 0.0247. The summed E-state index contributed by atoms with van der Waals surface area (Å²) in [6.45, 7) is 2.61. The molecule has 0 bridgehead atoms. The fourth-order valence-corrected chi connectivity index (χ4v) is 3.54. The largest absolute Gasteiger partial charge is 0.351 e. The van der Waals surface area contributed by atoms with Gasteiger partial charge in [0.25, 0.3) is 11.5 Å². The molecule has 0 atom stereocenters. The summed E-state index contributed by atoms with van der Waals surface area (Å²) in [7, 11) is 0. The first kappa shape index (κ1) is 17.3. The van der Waals surface area contributed by atoms with E-state index in [9.17, 15) is 14.4 Å². The van der Waals surface area contributed by atoms with E-state index in [1.165, 1.54) is 5.56 Å². The van der Waals surface area contributed by atoms with Crippen molar-refractivity contribution < 1.29 is 4.79 Å². The molecular weight excluding hydrogens is 342 g/mol. The van der Waals surface area contributed by atoms with Gasteiger partial charge in [-0.3, -0.25) is 14.2 Å². The van der Waals surface area contributed by atoms with Gasteiger partial charge in [0.15, 0.2) is 0 Å². The summed E-state index contributed by atoms with van der Waals surface area (Å²) >= 11 is 0. The van der Waals surface area contributed by atoms with Crippen LogP contribution in [0.15, 0.2) is 58.1 Å². The average molecular weight is 363 g/mol. The van der Waals surface area contributed by atoms with E-state index in [0.29, 0.717) is 29.6 Å². The molecule has 1 amide bonds. The van der Waals surface area contributed by atoms with Crippen molar-refractivity contribution in [2.24, 2.45) is 0 Å². The first-order valence-corrected chi connectivity index (χ1v) is 9.15. The summed E-state index contributed by atoms with van der Waals surface area (Å²) in [5.74, 6) is -0.209. The van der Waals surface area contributed by atoms with Gasteiger partial charge in [-0.05, 0) is 43.5 Å². The number of nitrogens with zero attached hydrogens (tertiary/aromatic N) is 1. The van der Waals surface area contributed by atoms with Crippen LogP contribution in [0.25, 0.3) is 10.9 Å². The highest BCUT2D eigenvalue weighted by atomic mass is 16.2. The number of hydrogen-bond donors (Lipinski definition) is 2. The molecular formula is C21H21N3O3. The zero-order chi connectivity index (χ0) is 19.0. The zero-order valence-electron chi connectivity index (χ0n) is 15.1. The second-order valence-corrected chi connectivity index (χ2v) is 7.07. The van der Waals surface area contributed by atoms with Gasteiger partial charge in [-0.1, -0.05) is 30.3 Å². The maximum absolute atomic E-state index is 12.6. The van der Waals surface area contributed by atoms with E-state index in [-0.39, 0.29) is 16.9 Å². The summed E-state index contributed by atoms with van der Waals surface area (Å²) in [6.07, 6.45) is 2.11. The Hall–Kier alpha value is -3.15. The standard InChI is InChI=1S/C21H21N3O3/c1-2-24-19(26)16-9-8-14(12-17(16)23-20(24)27)18(25)22-13-21(10-11-21)15-6-4-3-5-7-15/h3-9,12H,2,10-11,13H2,1H3,(H,22,25)(H,23,27). The van der Waals surface area contributed by atoms with Crippen LogP contribution in [-0.4, -0.2) is 22.0 Å². The number of nitrogens with one attached hydrogen (secondary N) is 2. The van der Waals surface area contributed by atoms with Crippen LogP contribution in [0.5, 0.6) is 0 Å². The smallest absolute Gasteiger partial charge is 0.328 e. The molecule has 0 aliphatic heterocycles. The van der Waals surface area contributed by atoms with Gasteiger partial charge in [0, 0.05) is 24.1 Å². The summed E-state index contributed by atoms with van der Waals surface area (Å²) in [5.41, 5.74) is 1.27. The number of carbonyl (C=O) groups is 1. The maximum atomic E-state index is 12.6. The van der Waals surface area contributed by atoms with E-state index < -0.39 is 5.69 Å². The molecule has 2 N–H and O–H groups in total. The van der Waals surface area contributed by atoms with Crippen molar-refractivity contribution in [2.75, 3.05) is 6.54 Å². The Labute approximate surface area is 155 Å². The normalized spacial score (nSPS) is 14.9. The Kier molecular flexibility index (Phi) is 4.18. The van der Waals surface area contributed by atoms with Crippen LogP contribution in [0.3, 0.4) is 0 Å². The van der Waals surface area contributed by atoms with E-state index in [1.54, 1.807) is 25.1 Å². The third-order valence-corrected chi connectivity index (χ3v) is 5.39. The molecule has 1 saturated carbocycles. The molecule has 3 aromatic rings. The van der Waals surface area contributed by atoms with Crippen molar-refractivity contribution in [3.05, 3.63) is 80.5 Å².